The van der Waals surface area contributed by atoms with E-state index in [1.165, 1.54) is 24.8 Å². The summed E-state index contributed by atoms with van der Waals surface area (Å²) in [6.07, 6.45) is 4.90. The van der Waals surface area contributed by atoms with Crippen LogP contribution < -0.4 is 0 Å². The lowest BCUT2D eigenvalue weighted by Crippen LogP contribution is -2.31. The minimum absolute atomic E-state index is 0.0892. The lowest BCUT2D eigenvalue weighted by atomic mass is 9.74. The summed E-state index contributed by atoms with van der Waals surface area (Å²) in [6.45, 7) is 3.72. The maximum atomic E-state index is 13.7. The minimum Gasteiger partial charge on any atom is -0.478 e. The molecule has 0 amide bonds. The van der Waals surface area contributed by atoms with Gasteiger partial charge in [-0.3, -0.25) is 0 Å². The molecule has 0 aromatic heterocycles. The second-order valence-electron chi connectivity index (χ2n) is 10.2. The van der Waals surface area contributed by atoms with Crippen LogP contribution in [0.15, 0.2) is 76.9 Å². The first kappa shape index (κ1) is 26.4. The molecule has 4 rings (SSSR count). The molecule has 0 aliphatic heterocycles. The number of benzene rings is 2. The Balaban J connectivity index is 1.61. The van der Waals surface area contributed by atoms with Crippen LogP contribution in [0, 0.1) is 5.92 Å². The van der Waals surface area contributed by atoms with E-state index >= 15 is 0 Å². The number of ether oxygens (including phenoxy) is 2. The van der Waals surface area contributed by atoms with Crippen molar-refractivity contribution >= 4 is 17.9 Å². The highest BCUT2D eigenvalue weighted by atomic mass is 16.5. The molecule has 0 bridgehead atoms. The van der Waals surface area contributed by atoms with Gasteiger partial charge in [0.2, 0.25) is 0 Å². The van der Waals surface area contributed by atoms with E-state index in [-0.39, 0.29) is 11.7 Å². The zero-order valence-corrected chi connectivity index (χ0v) is 21.7. The van der Waals surface area contributed by atoms with Gasteiger partial charge in [0.25, 0.3) is 0 Å². The zero-order chi connectivity index (χ0) is 26.5. The number of allylic oxidation sites excluding steroid dienone is 2. The molecular formula is C31H34O6. The molecule has 3 atom stereocenters. The van der Waals surface area contributed by atoms with Crippen molar-refractivity contribution in [3.63, 3.8) is 0 Å². The normalized spacial score (nSPS) is 22.0. The molecule has 3 unspecified atom stereocenters. The van der Waals surface area contributed by atoms with Gasteiger partial charge in [0.05, 0.1) is 12.7 Å². The fraction of sp³-hybridized carbons (Fsp3) is 0.387. The smallest absolute Gasteiger partial charge is 0.335 e. The van der Waals surface area contributed by atoms with Crippen molar-refractivity contribution in [2.75, 3.05) is 7.11 Å². The first-order valence-corrected chi connectivity index (χ1v) is 12.8. The molecule has 2 aliphatic carbocycles. The fourth-order valence-corrected chi connectivity index (χ4v) is 5.80. The van der Waals surface area contributed by atoms with Gasteiger partial charge in [0.1, 0.15) is 6.10 Å². The standard InChI is InChI=1S/C31H34O6/c1-19-15-20(2)27(28(26(19)30(34)36-3)23-12-8-13-24(18-23)29(32)33)31(35)37-25-14-7-11-22(17-25)16-21-9-5-4-6-10-21/h4-6,8-10,12-13,18,22,25,28H,7,11,14-17H2,1-3H3,(H,32,33). The maximum absolute atomic E-state index is 13.7. The molecule has 2 aromatic carbocycles. The van der Waals surface area contributed by atoms with Gasteiger partial charge in [0, 0.05) is 17.1 Å². The van der Waals surface area contributed by atoms with Crippen molar-refractivity contribution in [3.05, 3.63) is 93.6 Å². The van der Waals surface area contributed by atoms with Crippen molar-refractivity contribution < 1.29 is 29.0 Å². The van der Waals surface area contributed by atoms with E-state index in [0.29, 0.717) is 29.0 Å². The van der Waals surface area contributed by atoms with Crippen LogP contribution in [-0.4, -0.2) is 36.2 Å². The van der Waals surface area contributed by atoms with Crippen LogP contribution in [0.4, 0.5) is 0 Å². The van der Waals surface area contributed by atoms with E-state index in [2.05, 4.69) is 12.1 Å². The van der Waals surface area contributed by atoms with Gasteiger partial charge in [-0.05, 0) is 81.5 Å². The van der Waals surface area contributed by atoms with Crippen LogP contribution in [0.1, 0.15) is 73.4 Å². The number of hydrogen-bond donors (Lipinski definition) is 1. The third-order valence-corrected chi connectivity index (χ3v) is 7.49. The summed E-state index contributed by atoms with van der Waals surface area (Å²) in [5.74, 6) is -2.36. The van der Waals surface area contributed by atoms with Gasteiger partial charge in [-0.25, -0.2) is 14.4 Å². The monoisotopic (exact) mass is 502 g/mol. The largest absolute Gasteiger partial charge is 0.478 e. The van der Waals surface area contributed by atoms with E-state index in [9.17, 15) is 19.5 Å². The van der Waals surface area contributed by atoms with Gasteiger partial charge in [-0.1, -0.05) is 53.6 Å². The Kier molecular flexibility index (Phi) is 8.27. The van der Waals surface area contributed by atoms with Gasteiger partial charge in [-0.2, -0.15) is 0 Å². The van der Waals surface area contributed by atoms with Gasteiger partial charge < -0.3 is 14.6 Å². The molecule has 2 aliphatic rings. The molecule has 37 heavy (non-hydrogen) atoms. The Morgan fingerprint density at radius 2 is 1.62 bits per heavy atom. The Hall–Kier alpha value is -3.67. The molecule has 6 heteroatoms. The van der Waals surface area contributed by atoms with Crippen molar-refractivity contribution in [2.24, 2.45) is 5.92 Å². The van der Waals surface area contributed by atoms with E-state index < -0.39 is 23.8 Å². The molecule has 0 heterocycles. The molecule has 1 fully saturated rings. The van der Waals surface area contributed by atoms with E-state index in [4.69, 9.17) is 9.47 Å². The lowest BCUT2D eigenvalue weighted by Gasteiger charge is -2.33. The predicted molar refractivity (Wildman–Crippen MR) is 140 cm³/mol. The van der Waals surface area contributed by atoms with Gasteiger partial charge in [-0.15, -0.1) is 0 Å². The van der Waals surface area contributed by atoms with Gasteiger partial charge in [0.15, 0.2) is 0 Å². The summed E-state index contributed by atoms with van der Waals surface area (Å²) in [5.41, 5.74) is 4.31. The number of methoxy groups -OCH3 is 1. The SMILES string of the molecule is COC(=O)C1=C(C)CC(C)=C(C(=O)OC2CCCC(Cc3ccccc3)C2)C1c1cccc(C(=O)O)c1. The molecule has 0 radical (unpaired) electrons. The van der Waals surface area contributed by atoms with E-state index in [0.717, 1.165) is 43.3 Å². The Morgan fingerprint density at radius 1 is 0.919 bits per heavy atom. The summed E-state index contributed by atoms with van der Waals surface area (Å²) in [4.78, 5) is 38.3. The highest BCUT2D eigenvalue weighted by Gasteiger charge is 2.38. The lowest BCUT2D eigenvalue weighted by molar-refractivity contribution is -0.146. The average molecular weight is 503 g/mol. The van der Waals surface area contributed by atoms with Crippen LogP contribution in [0.5, 0.6) is 0 Å². The number of carboxylic acids is 1. The van der Waals surface area contributed by atoms with Crippen LogP contribution >= 0.6 is 0 Å². The molecule has 1 saturated carbocycles. The van der Waals surface area contributed by atoms with Crippen LogP contribution in [-0.2, 0) is 25.5 Å². The summed E-state index contributed by atoms with van der Waals surface area (Å²) in [7, 11) is 1.31. The Bertz CT molecular complexity index is 1240. The van der Waals surface area contributed by atoms with Crippen molar-refractivity contribution in [2.45, 2.75) is 64.4 Å². The Labute approximate surface area is 218 Å². The second-order valence-corrected chi connectivity index (χ2v) is 10.2. The highest BCUT2D eigenvalue weighted by molar-refractivity contribution is 6.00. The number of carbonyl (C=O) groups excluding carboxylic acids is 2. The molecule has 0 saturated heterocycles. The Morgan fingerprint density at radius 3 is 2.30 bits per heavy atom. The van der Waals surface area contributed by atoms with E-state index in [1.54, 1.807) is 12.1 Å². The average Bonchev–Trinajstić information content (AvgIpc) is 2.88. The van der Waals surface area contributed by atoms with Crippen LogP contribution in [0.3, 0.4) is 0 Å². The number of aromatic carboxylic acids is 1. The zero-order valence-electron chi connectivity index (χ0n) is 21.7. The predicted octanol–water partition coefficient (Wildman–Crippen LogP) is 6.02. The van der Waals surface area contributed by atoms with Crippen LogP contribution in [0.2, 0.25) is 0 Å². The first-order valence-electron chi connectivity index (χ1n) is 12.8. The topological polar surface area (TPSA) is 89.9 Å². The third kappa shape index (κ3) is 6.01. The molecule has 6 nitrogen and oxygen atoms in total. The molecule has 2 aromatic rings. The van der Waals surface area contributed by atoms with Crippen molar-refractivity contribution in [1.82, 2.24) is 0 Å². The number of carboxylic acid groups (broad SMARTS) is 1. The molecular weight excluding hydrogens is 468 g/mol. The molecule has 0 spiro atoms. The molecule has 194 valence electrons. The fourth-order valence-electron chi connectivity index (χ4n) is 5.80. The number of carbonyl (C=O) groups is 3. The first-order chi connectivity index (χ1) is 17.8. The number of rotatable bonds is 7. The highest BCUT2D eigenvalue weighted by Crippen LogP contribution is 2.43. The molecule has 1 N–H and O–H groups in total. The van der Waals surface area contributed by atoms with Crippen LogP contribution in [0.25, 0.3) is 0 Å². The minimum atomic E-state index is -1.07. The number of hydrogen-bond acceptors (Lipinski definition) is 5. The summed E-state index contributed by atoms with van der Waals surface area (Å²) in [5, 5.41) is 9.55. The third-order valence-electron chi connectivity index (χ3n) is 7.49. The summed E-state index contributed by atoms with van der Waals surface area (Å²) in [6, 6.07) is 16.7. The summed E-state index contributed by atoms with van der Waals surface area (Å²) < 4.78 is 11.2. The van der Waals surface area contributed by atoms with Crippen molar-refractivity contribution in [3.8, 4) is 0 Å². The quantitative estimate of drug-likeness (QED) is 0.466. The maximum Gasteiger partial charge on any atom is 0.335 e. The van der Waals surface area contributed by atoms with Crippen molar-refractivity contribution in [1.29, 1.82) is 0 Å². The van der Waals surface area contributed by atoms with Gasteiger partial charge >= 0.3 is 17.9 Å². The summed E-state index contributed by atoms with van der Waals surface area (Å²) >= 11 is 0. The second kappa shape index (κ2) is 11.6. The van der Waals surface area contributed by atoms with E-state index in [1.807, 2.05) is 32.0 Å². The number of esters is 2.